The highest BCUT2D eigenvalue weighted by atomic mass is 16.5. The van der Waals surface area contributed by atoms with E-state index in [1.807, 2.05) is 59.5 Å². The van der Waals surface area contributed by atoms with E-state index >= 15 is 0 Å². The summed E-state index contributed by atoms with van der Waals surface area (Å²) in [5.41, 5.74) is 4.11. The number of carbonyl (C=O) groups excluding carboxylic acids is 1. The lowest BCUT2D eigenvalue weighted by atomic mass is 9.75. The van der Waals surface area contributed by atoms with E-state index in [0.717, 1.165) is 33.9 Å². The van der Waals surface area contributed by atoms with Gasteiger partial charge in [0.05, 0.1) is 19.3 Å². The lowest BCUT2D eigenvalue weighted by molar-refractivity contribution is -0.128. The zero-order chi connectivity index (χ0) is 19.7. The van der Waals surface area contributed by atoms with Gasteiger partial charge in [-0.1, -0.05) is 35.9 Å². The molecule has 4 nitrogen and oxygen atoms in total. The Bertz CT molecular complexity index is 984. The first-order valence-corrected chi connectivity index (χ1v) is 9.35. The Morgan fingerprint density at radius 1 is 0.964 bits per heavy atom. The molecule has 0 aliphatic carbocycles. The van der Waals surface area contributed by atoms with Gasteiger partial charge in [-0.2, -0.15) is 0 Å². The fourth-order valence-electron chi connectivity index (χ4n) is 3.95. The molecule has 0 N–H and O–H groups in total. The number of hydrogen-bond donors (Lipinski definition) is 0. The average molecular weight is 373 g/mol. The van der Waals surface area contributed by atoms with Gasteiger partial charge >= 0.3 is 0 Å². The third-order valence-corrected chi connectivity index (χ3v) is 5.22. The molecule has 4 rings (SSSR count). The summed E-state index contributed by atoms with van der Waals surface area (Å²) in [5, 5.41) is 0. The van der Waals surface area contributed by atoms with Gasteiger partial charge in [0.15, 0.2) is 0 Å². The SMILES string of the molecule is COc1ccc(N2C(=O)[C@@H](C(=C(C)C)c3ccccc3)[C@@H]2c2ccco2)cc1. The van der Waals surface area contributed by atoms with E-state index in [1.165, 1.54) is 0 Å². The molecule has 0 unspecified atom stereocenters. The van der Waals surface area contributed by atoms with Crippen LogP contribution in [-0.2, 0) is 4.79 Å². The van der Waals surface area contributed by atoms with Crippen molar-refractivity contribution in [1.29, 1.82) is 0 Å². The smallest absolute Gasteiger partial charge is 0.237 e. The molecule has 0 radical (unpaired) electrons. The van der Waals surface area contributed by atoms with Crippen molar-refractivity contribution in [2.75, 3.05) is 12.0 Å². The lowest BCUT2D eigenvalue weighted by Crippen LogP contribution is -2.55. The number of furan rings is 1. The van der Waals surface area contributed by atoms with Gasteiger partial charge in [-0.05, 0) is 61.4 Å². The number of β-lactam (4-membered cyclic amide) rings is 1. The van der Waals surface area contributed by atoms with Gasteiger partial charge in [0, 0.05) is 5.69 Å². The van der Waals surface area contributed by atoms with Crippen LogP contribution < -0.4 is 9.64 Å². The van der Waals surface area contributed by atoms with Crippen molar-refractivity contribution in [3.8, 4) is 5.75 Å². The molecule has 4 heteroatoms. The van der Waals surface area contributed by atoms with E-state index in [1.54, 1.807) is 13.4 Å². The number of anilines is 1. The fraction of sp³-hybridized carbons (Fsp3) is 0.208. The number of rotatable bonds is 5. The largest absolute Gasteiger partial charge is 0.497 e. The monoisotopic (exact) mass is 373 g/mol. The van der Waals surface area contributed by atoms with E-state index in [2.05, 4.69) is 26.0 Å². The average Bonchev–Trinajstić information content (AvgIpc) is 3.24. The second kappa shape index (κ2) is 7.39. The van der Waals surface area contributed by atoms with Crippen LogP contribution in [0.2, 0.25) is 0 Å². The molecular formula is C24H23NO3. The summed E-state index contributed by atoms with van der Waals surface area (Å²) in [4.78, 5) is 15.2. The summed E-state index contributed by atoms with van der Waals surface area (Å²) in [6, 6.07) is 21.3. The summed E-state index contributed by atoms with van der Waals surface area (Å²) >= 11 is 0. The molecule has 1 aliphatic heterocycles. The van der Waals surface area contributed by atoms with E-state index < -0.39 is 0 Å². The maximum atomic E-state index is 13.4. The first-order chi connectivity index (χ1) is 13.6. The number of nitrogens with zero attached hydrogens (tertiary/aromatic N) is 1. The van der Waals surface area contributed by atoms with Crippen LogP contribution in [0.5, 0.6) is 5.75 Å². The highest BCUT2D eigenvalue weighted by Gasteiger charge is 2.52. The summed E-state index contributed by atoms with van der Waals surface area (Å²) < 4.78 is 11.0. The van der Waals surface area contributed by atoms with E-state index in [0.29, 0.717) is 0 Å². The molecule has 2 atom stereocenters. The van der Waals surface area contributed by atoms with Crippen molar-refractivity contribution in [3.63, 3.8) is 0 Å². The van der Waals surface area contributed by atoms with E-state index in [-0.39, 0.29) is 17.9 Å². The predicted octanol–water partition coefficient (Wildman–Crippen LogP) is 5.49. The third-order valence-electron chi connectivity index (χ3n) is 5.22. The molecule has 142 valence electrons. The van der Waals surface area contributed by atoms with Gasteiger partial charge in [0.1, 0.15) is 17.6 Å². The van der Waals surface area contributed by atoms with Gasteiger partial charge in [0.25, 0.3) is 0 Å². The molecule has 1 saturated heterocycles. The minimum Gasteiger partial charge on any atom is -0.497 e. The Morgan fingerprint density at radius 3 is 2.25 bits per heavy atom. The van der Waals surface area contributed by atoms with Crippen LogP contribution in [0.15, 0.2) is 83.0 Å². The summed E-state index contributed by atoms with van der Waals surface area (Å²) in [5.74, 6) is 1.35. The number of allylic oxidation sites excluding steroid dienone is 1. The number of ether oxygens (including phenoxy) is 1. The van der Waals surface area contributed by atoms with Crippen molar-refractivity contribution < 1.29 is 13.9 Å². The Kier molecular flexibility index (Phi) is 4.78. The molecule has 1 amide bonds. The lowest BCUT2D eigenvalue weighted by Gasteiger charge is -2.47. The van der Waals surface area contributed by atoms with Crippen LogP contribution in [0.3, 0.4) is 0 Å². The van der Waals surface area contributed by atoms with Crippen LogP contribution in [0, 0.1) is 5.92 Å². The van der Waals surface area contributed by atoms with Gasteiger partial charge in [-0.25, -0.2) is 0 Å². The Balaban J connectivity index is 1.77. The maximum Gasteiger partial charge on any atom is 0.237 e. The molecule has 1 aromatic heterocycles. The second-order valence-electron chi connectivity index (χ2n) is 7.12. The molecule has 0 spiro atoms. The summed E-state index contributed by atoms with van der Waals surface area (Å²) in [7, 11) is 1.63. The highest BCUT2D eigenvalue weighted by Crippen LogP contribution is 2.50. The predicted molar refractivity (Wildman–Crippen MR) is 110 cm³/mol. The summed E-state index contributed by atoms with van der Waals surface area (Å²) in [6.45, 7) is 4.12. The topological polar surface area (TPSA) is 42.7 Å². The number of methoxy groups -OCH3 is 1. The minimum absolute atomic E-state index is 0.0756. The van der Waals surface area contributed by atoms with Crippen LogP contribution in [0.4, 0.5) is 5.69 Å². The van der Waals surface area contributed by atoms with Gasteiger partial charge in [-0.3, -0.25) is 9.69 Å². The van der Waals surface area contributed by atoms with Crippen molar-refractivity contribution in [2.45, 2.75) is 19.9 Å². The van der Waals surface area contributed by atoms with E-state index in [9.17, 15) is 4.79 Å². The highest BCUT2D eigenvalue weighted by molar-refractivity contribution is 6.10. The van der Waals surface area contributed by atoms with Crippen molar-refractivity contribution >= 4 is 17.2 Å². The number of benzene rings is 2. The van der Waals surface area contributed by atoms with Gasteiger partial charge < -0.3 is 9.15 Å². The standard InChI is InChI=1S/C24H23NO3/c1-16(2)21(17-8-5-4-6-9-17)22-23(20-10-7-15-28-20)25(24(22)26)18-11-13-19(27-3)14-12-18/h4-15,22-23H,1-3H3/t22-,23-/m0/s1. The number of amides is 1. The molecule has 0 bridgehead atoms. The first-order valence-electron chi connectivity index (χ1n) is 9.35. The van der Waals surface area contributed by atoms with E-state index in [4.69, 9.17) is 9.15 Å². The normalized spacial score (nSPS) is 18.5. The molecule has 2 heterocycles. The molecule has 2 aromatic carbocycles. The molecular weight excluding hydrogens is 350 g/mol. The Morgan fingerprint density at radius 2 is 1.68 bits per heavy atom. The van der Waals surface area contributed by atoms with Gasteiger partial charge in [-0.15, -0.1) is 0 Å². The number of carbonyl (C=O) groups is 1. The van der Waals surface area contributed by atoms with Crippen LogP contribution in [-0.4, -0.2) is 13.0 Å². The van der Waals surface area contributed by atoms with Crippen LogP contribution in [0.1, 0.15) is 31.2 Å². The van der Waals surface area contributed by atoms with Crippen LogP contribution >= 0.6 is 0 Å². The first kappa shape index (κ1) is 18.1. The van der Waals surface area contributed by atoms with Crippen molar-refractivity contribution in [2.24, 2.45) is 5.92 Å². The van der Waals surface area contributed by atoms with Gasteiger partial charge in [0.2, 0.25) is 5.91 Å². The maximum absolute atomic E-state index is 13.4. The molecule has 0 saturated carbocycles. The fourth-order valence-corrected chi connectivity index (χ4v) is 3.95. The molecule has 3 aromatic rings. The molecule has 28 heavy (non-hydrogen) atoms. The molecule has 1 aliphatic rings. The third kappa shape index (κ3) is 3.01. The Labute approximate surface area is 165 Å². The molecule has 1 fully saturated rings. The minimum atomic E-state index is -0.277. The zero-order valence-electron chi connectivity index (χ0n) is 16.3. The quantitative estimate of drug-likeness (QED) is 0.556. The van der Waals surface area contributed by atoms with Crippen molar-refractivity contribution in [1.82, 2.24) is 0 Å². The number of hydrogen-bond acceptors (Lipinski definition) is 3. The second-order valence-corrected chi connectivity index (χ2v) is 7.12. The van der Waals surface area contributed by atoms with Crippen LogP contribution in [0.25, 0.3) is 5.57 Å². The summed E-state index contributed by atoms with van der Waals surface area (Å²) in [6.07, 6.45) is 1.66. The Hall–Kier alpha value is -3.27. The zero-order valence-corrected chi connectivity index (χ0v) is 16.3. The van der Waals surface area contributed by atoms with Crippen molar-refractivity contribution in [3.05, 3.63) is 89.9 Å².